The van der Waals surface area contributed by atoms with E-state index in [1.165, 1.54) is 12.3 Å². The minimum atomic E-state index is -3.60. The normalized spacial score (nSPS) is 16.8. The van der Waals surface area contributed by atoms with Crippen LogP contribution in [0.25, 0.3) is 0 Å². The second-order valence-corrected chi connectivity index (χ2v) is 8.16. The average Bonchev–Trinajstić information content (AvgIpc) is 2.74. The number of anilines is 1. The van der Waals surface area contributed by atoms with E-state index >= 15 is 0 Å². The molecule has 30 heavy (non-hydrogen) atoms. The number of carbonyl (C=O) groups excluding carboxylic acids is 1. The first-order valence-corrected chi connectivity index (χ1v) is 10.6. The van der Waals surface area contributed by atoms with Crippen LogP contribution in [0.5, 0.6) is 17.4 Å². The fourth-order valence-electron chi connectivity index (χ4n) is 2.91. The smallest absolute Gasteiger partial charge is 0.259 e. The van der Waals surface area contributed by atoms with Crippen molar-refractivity contribution < 1.29 is 22.7 Å². The molecule has 154 valence electrons. The number of carbonyl (C=O) groups is 1. The second kappa shape index (κ2) is 7.99. The quantitative estimate of drug-likeness (QED) is 0.781. The molecule has 0 aliphatic carbocycles. The Kier molecular flexibility index (Phi) is 5.23. The molecule has 0 bridgehead atoms. The molecule has 0 radical (unpaired) electrons. The molecular weight excluding hydrogens is 408 g/mol. The van der Waals surface area contributed by atoms with E-state index in [-0.39, 0.29) is 29.6 Å². The number of nitrogens with zero attached hydrogens (tertiary/aromatic N) is 3. The number of fused-ring (bicyclic) bond motifs is 1. The fourth-order valence-corrected chi connectivity index (χ4v) is 3.89. The van der Waals surface area contributed by atoms with E-state index in [0.29, 0.717) is 17.2 Å². The summed E-state index contributed by atoms with van der Waals surface area (Å²) in [7, 11) is -2.03. The Morgan fingerprint density at radius 2 is 1.93 bits per heavy atom. The molecule has 10 heteroatoms. The summed E-state index contributed by atoms with van der Waals surface area (Å²) < 4.78 is 38.5. The van der Waals surface area contributed by atoms with Crippen molar-refractivity contribution in [1.29, 1.82) is 0 Å². The second-order valence-electron chi connectivity index (χ2n) is 6.40. The molecule has 2 aromatic rings. The van der Waals surface area contributed by atoms with Crippen molar-refractivity contribution in [1.82, 2.24) is 9.88 Å². The predicted molar refractivity (Wildman–Crippen MR) is 111 cm³/mol. The van der Waals surface area contributed by atoms with Gasteiger partial charge in [-0.1, -0.05) is 0 Å². The molecule has 0 spiro atoms. The van der Waals surface area contributed by atoms with Crippen LogP contribution in [0.2, 0.25) is 0 Å². The van der Waals surface area contributed by atoms with E-state index < -0.39 is 15.9 Å². The fraction of sp³-hybridized carbons (Fsp3) is 0.150. The van der Waals surface area contributed by atoms with Gasteiger partial charge in [-0.3, -0.25) is 4.79 Å². The molecule has 1 aromatic carbocycles. The summed E-state index contributed by atoms with van der Waals surface area (Å²) in [6.07, 6.45) is 6.42. The van der Waals surface area contributed by atoms with Gasteiger partial charge in [-0.25, -0.2) is 13.4 Å². The summed E-state index contributed by atoms with van der Waals surface area (Å²) in [4.78, 5) is 18.7. The monoisotopic (exact) mass is 426 g/mol. The van der Waals surface area contributed by atoms with Gasteiger partial charge in [-0.2, -0.15) is 0 Å². The summed E-state index contributed by atoms with van der Waals surface area (Å²) in [6, 6.07) is 10.2. The van der Waals surface area contributed by atoms with Crippen LogP contribution in [0, 0.1) is 0 Å². The van der Waals surface area contributed by atoms with Gasteiger partial charge in [0, 0.05) is 18.9 Å². The number of benzene rings is 1. The Morgan fingerprint density at radius 3 is 2.70 bits per heavy atom. The maximum absolute atomic E-state index is 12.9. The van der Waals surface area contributed by atoms with Crippen LogP contribution in [0.15, 0.2) is 70.9 Å². The highest BCUT2D eigenvalue weighted by Crippen LogP contribution is 2.29. The number of rotatable bonds is 5. The summed E-state index contributed by atoms with van der Waals surface area (Å²) >= 11 is 0. The number of hydrogen-bond donors (Lipinski definition) is 1. The molecule has 2 aliphatic heterocycles. The van der Waals surface area contributed by atoms with Gasteiger partial charge in [0.15, 0.2) is 5.84 Å². The zero-order valence-corrected chi connectivity index (χ0v) is 16.8. The first-order valence-electron chi connectivity index (χ1n) is 9.01. The lowest BCUT2D eigenvalue weighted by Crippen LogP contribution is -2.40. The molecular formula is C20H18N4O5S. The number of pyridine rings is 1. The topological polar surface area (TPSA) is 110 Å². The number of methoxy groups -OCH3 is 1. The minimum Gasteiger partial charge on any atom is -0.497 e. The highest BCUT2D eigenvalue weighted by molar-refractivity contribution is 7.90. The van der Waals surface area contributed by atoms with Crippen molar-refractivity contribution in [2.75, 3.05) is 24.7 Å². The molecule has 0 saturated carbocycles. The first kappa shape index (κ1) is 19.6. The van der Waals surface area contributed by atoms with Crippen molar-refractivity contribution in [2.24, 2.45) is 4.40 Å². The van der Waals surface area contributed by atoms with Crippen LogP contribution in [-0.2, 0) is 14.8 Å². The number of hydrogen-bond acceptors (Lipinski definition) is 7. The van der Waals surface area contributed by atoms with Gasteiger partial charge in [0.25, 0.3) is 15.9 Å². The zero-order chi connectivity index (χ0) is 21.1. The maximum Gasteiger partial charge on any atom is 0.259 e. The number of allylic oxidation sites excluding steroid dienone is 2. The molecule has 1 amide bonds. The van der Waals surface area contributed by atoms with E-state index in [2.05, 4.69) is 14.7 Å². The molecule has 0 saturated heterocycles. The predicted octanol–water partition coefficient (Wildman–Crippen LogP) is 2.32. The summed E-state index contributed by atoms with van der Waals surface area (Å²) in [5, 5.41) is 2.73. The van der Waals surface area contributed by atoms with E-state index in [1.54, 1.807) is 60.7 Å². The lowest BCUT2D eigenvalue weighted by atomic mass is 10.1. The van der Waals surface area contributed by atoms with Crippen LogP contribution >= 0.6 is 0 Å². The van der Waals surface area contributed by atoms with Gasteiger partial charge in [0.1, 0.15) is 17.2 Å². The average molecular weight is 426 g/mol. The molecule has 0 atom stereocenters. The Labute approximate surface area is 173 Å². The van der Waals surface area contributed by atoms with Gasteiger partial charge in [0.05, 0.1) is 18.4 Å². The van der Waals surface area contributed by atoms with Gasteiger partial charge in [-0.05, 0) is 48.6 Å². The molecule has 0 fully saturated rings. The molecule has 4 rings (SSSR count). The summed E-state index contributed by atoms with van der Waals surface area (Å²) in [5.74, 6) is 0.868. The van der Waals surface area contributed by atoms with Gasteiger partial charge in [-0.15, -0.1) is 4.40 Å². The van der Waals surface area contributed by atoms with Crippen molar-refractivity contribution in [3.8, 4) is 17.4 Å². The molecule has 2 aliphatic rings. The van der Waals surface area contributed by atoms with Crippen LogP contribution in [0.1, 0.15) is 0 Å². The Bertz CT molecular complexity index is 1170. The number of aromatic nitrogens is 1. The standard InChI is InChI=1S/C20H18N4O5S/c1-28-14-6-8-15(9-7-14)29-20-17(5-2-10-21-20)22-19(25)16-4-3-11-24-12-13-30(26,27)23-18(16)24/h2-11H,12-13H2,1H3,(H,22,25). The van der Waals surface area contributed by atoms with Crippen LogP contribution in [0.4, 0.5) is 5.69 Å². The van der Waals surface area contributed by atoms with Gasteiger partial charge < -0.3 is 19.7 Å². The third-order valence-electron chi connectivity index (χ3n) is 4.40. The molecule has 0 unspecified atom stereocenters. The zero-order valence-electron chi connectivity index (χ0n) is 16.0. The summed E-state index contributed by atoms with van der Waals surface area (Å²) in [5.41, 5.74) is 0.472. The Balaban J connectivity index is 1.57. The third kappa shape index (κ3) is 4.18. The van der Waals surface area contributed by atoms with Crippen molar-refractivity contribution in [3.05, 3.63) is 66.5 Å². The molecule has 1 N–H and O–H groups in total. The maximum atomic E-state index is 12.9. The molecule has 9 nitrogen and oxygen atoms in total. The lowest BCUT2D eigenvalue weighted by molar-refractivity contribution is -0.112. The van der Waals surface area contributed by atoms with E-state index in [1.807, 2.05) is 0 Å². The van der Waals surface area contributed by atoms with E-state index in [0.717, 1.165) is 0 Å². The number of amidine groups is 1. The van der Waals surface area contributed by atoms with E-state index in [9.17, 15) is 13.2 Å². The van der Waals surface area contributed by atoms with Gasteiger partial charge >= 0.3 is 0 Å². The summed E-state index contributed by atoms with van der Waals surface area (Å²) in [6.45, 7) is 0.237. The number of amides is 1. The molecule has 3 heterocycles. The lowest BCUT2D eigenvalue weighted by Gasteiger charge is -2.28. The SMILES string of the molecule is COc1ccc(Oc2ncccc2NC(=O)C2=CC=CN3CCS(=O)(=O)N=C23)cc1. The molecule has 1 aromatic heterocycles. The van der Waals surface area contributed by atoms with Gasteiger partial charge in [0.2, 0.25) is 5.88 Å². The van der Waals surface area contributed by atoms with Crippen molar-refractivity contribution in [3.63, 3.8) is 0 Å². The largest absolute Gasteiger partial charge is 0.497 e. The highest BCUT2D eigenvalue weighted by atomic mass is 32.2. The number of ether oxygens (including phenoxy) is 2. The van der Waals surface area contributed by atoms with E-state index in [4.69, 9.17) is 9.47 Å². The minimum absolute atomic E-state index is 0.0990. The highest BCUT2D eigenvalue weighted by Gasteiger charge is 2.30. The number of sulfonamides is 1. The van der Waals surface area contributed by atoms with Crippen molar-refractivity contribution >= 4 is 27.5 Å². The van der Waals surface area contributed by atoms with Crippen LogP contribution in [0.3, 0.4) is 0 Å². The Hall–Kier alpha value is -3.66. The Morgan fingerprint density at radius 1 is 1.17 bits per heavy atom. The van der Waals surface area contributed by atoms with Crippen LogP contribution in [-0.4, -0.2) is 49.5 Å². The number of nitrogens with one attached hydrogen (secondary N) is 1. The van der Waals surface area contributed by atoms with Crippen molar-refractivity contribution in [2.45, 2.75) is 0 Å². The van der Waals surface area contributed by atoms with Crippen LogP contribution < -0.4 is 14.8 Å². The third-order valence-corrected chi connectivity index (χ3v) is 5.55. The first-order chi connectivity index (χ1) is 14.4.